The van der Waals surface area contributed by atoms with Crippen molar-refractivity contribution in [3.05, 3.63) is 59.7 Å². The molecule has 2 aromatic carbocycles. The number of rotatable bonds is 6. The Balaban J connectivity index is 1.60. The Labute approximate surface area is 143 Å². The summed E-state index contributed by atoms with van der Waals surface area (Å²) in [6.45, 7) is 4.70. The molecule has 1 saturated heterocycles. The van der Waals surface area contributed by atoms with Crippen molar-refractivity contribution in [2.75, 3.05) is 13.1 Å². The number of carboxylic acids is 1. The maximum Gasteiger partial charge on any atom is 0.307 e. The molecule has 1 aliphatic rings. The summed E-state index contributed by atoms with van der Waals surface area (Å²) >= 11 is 0. The zero-order chi connectivity index (χ0) is 16.9. The second-order valence-electron chi connectivity index (χ2n) is 6.74. The normalized spacial score (nSPS) is 18.0. The summed E-state index contributed by atoms with van der Waals surface area (Å²) in [5.74, 6) is -0.792. The molecule has 3 heteroatoms. The van der Waals surface area contributed by atoms with Gasteiger partial charge in [-0.25, -0.2) is 0 Å². The van der Waals surface area contributed by atoms with E-state index in [0.717, 1.165) is 30.1 Å². The Morgan fingerprint density at radius 1 is 1.04 bits per heavy atom. The van der Waals surface area contributed by atoms with E-state index >= 15 is 0 Å². The van der Waals surface area contributed by atoms with Crippen LogP contribution in [0.1, 0.15) is 30.9 Å². The largest absolute Gasteiger partial charge is 0.481 e. The summed E-state index contributed by atoms with van der Waals surface area (Å²) < 4.78 is 0. The van der Waals surface area contributed by atoms with E-state index in [1.165, 1.54) is 30.5 Å². The number of hydrogen-bond acceptors (Lipinski definition) is 2. The SMILES string of the molecule is CC1CCCN1CCc1ccc(-c2ccc(CC(=O)O)cc2)cc1. The fourth-order valence-electron chi connectivity index (χ4n) is 3.45. The maximum atomic E-state index is 10.7. The van der Waals surface area contributed by atoms with Crippen LogP contribution in [0.3, 0.4) is 0 Å². The third kappa shape index (κ3) is 4.24. The number of likely N-dealkylation sites (tertiary alicyclic amines) is 1. The first-order valence-electron chi connectivity index (χ1n) is 8.76. The quantitative estimate of drug-likeness (QED) is 0.873. The molecule has 3 nitrogen and oxygen atoms in total. The standard InChI is InChI=1S/C21H25NO2/c1-16-3-2-13-22(16)14-12-17-4-8-19(9-5-17)20-10-6-18(7-11-20)15-21(23)24/h4-11,16H,2-3,12-15H2,1H3,(H,23,24). The summed E-state index contributed by atoms with van der Waals surface area (Å²) in [5, 5.41) is 8.83. The molecule has 0 spiro atoms. The van der Waals surface area contributed by atoms with Crippen molar-refractivity contribution in [3.63, 3.8) is 0 Å². The molecule has 1 fully saturated rings. The molecular weight excluding hydrogens is 298 g/mol. The maximum absolute atomic E-state index is 10.7. The monoisotopic (exact) mass is 323 g/mol. The highest BCUT2D eigenvalue weighted by Crippen LogP contribution is 2.22. The predicted molar refractivity (Wildman–Crippen MR) is 97.2 cm³/mol. The zero-order valence-electron chi connectivity index (χ0n) is 14.2. The molecule has 0 saturated carbocycles. The first-order valence-corrected chi connectivity index (χ1v) is 8.76. The van der Waals surface area contributed by atoms with Crippen LogP contribution in [-0.4, -0.2) is 35.1 Å². The van der Waals surface area contributed by atoms with E-state index in [1.807, 2.05) is 24.3 Å². The summed E-state index contributed by atoms with van der Waals surface area (Å²) in [5.41, 5.74) is 4.52. The lowest BCUT2D eigenvalue weighted by atomic mass is 10.0. The van der Waals surface area contributed by atoms with Crippen molar-refractivity contribution in [2.45, 2.75) is 38.6 Å². The molecular formula is C21H25NO2. The number of benzene rings is 2. The van der Waals surface area contributed by atoms with Gasteiger partial charge in [0.1, 0.15) is 0 Å². The van der Waals surface area contributed by atoms with Crippen molar-refractivity contribution in [2.24, 2.45) is 0 Å². The summed E-state index contributed by atoms with van der Waals surface area (Å²) in [6.07, 6.45) is 3.84. The molecule has 1 atom stereocenters. The number of carboxylic acid groups (broad SMARTS) is 1. The van der Waals surface area contributed by atoms with Crippen molar-refractivity contribution >= 4 is 5.97 Å². The molecule has 1 N–H and O–H groups in total. The van der Waals surface area contributed by atoms with Crippen LogP contribution in [0.15, 0.2) is 48.5 Å². The third-order valence-electron chi connectivity index (χ3n) is 4.97. The molecule has 0 aliphatic carbocycles. The first kappa shape index (κ1) is 16.7. The van der Waals surface area contributed by atoms with Gasteiger partial charge in [-0.2, -0.15) is 0 Å². The lowest BCUT2D eigenvalue weighted by Gasteiger charge is -2.20. The molecule has 0 amide bonds. The van der Waals surface area contributed by atoms with Gasteiger partial charge in [-0.3, -0.25) is 4.79 Å². The van der Waals surface area contributed by atoms with Crippen LogP contribution >= 0.6 is 0 Å². The Morgan fingerprint density at radius 2 is 1.62 bits per heavy atom. The van der Waals surface area contributed by atoms with E-state index in [2.05, 4.69) is 36.1 Å². The van der Waals surface area contributed by atoms with Crippen LogP contribution < -0.4 is 0 Å². The van der Waals surface area contributed by atoms with Gasteiger partial charge in [-0.1, -0.05) is 48.5 Å². The van der Waals surface area contributed by atoms with Gasteiger partial charge in [0.2, 0.25) is 0 Å². The number of hydrogen-bond donors (Lipinski definition) is 1. The van der Waals surface area contributed by atoms with Gasteiger partial charge < -0.3 is 10.0 Å². The van der Waals surface area contributed by atoms with Crippen molar-refractivity contribution in [1.29, 1.82) is 0 Å². The molecule has 126 valence electrons. The Morgan fingerprint density at radius 3 is 2.12 bits per heavy atom. The second-order valence-corrected chi connectivity index (χ2v) is 6.74. The van der Waals surface area contributed by atoms with Gasteiger partial charge in [0.25, 0.3) is 0 Å². The minimum absolute atomic E-state index is 0.0775. The van der Waals surface area contributed by atoms with Gasteiger partial charge in [-0.05, 0) is 55.0 Å². The Hall–Kier alpha value is -2.13. The third-order valence-corrected chi connectivity index (χ3v) is 4.97. The van der Waals surface area contributed by atoms with Gasteiger partial charge in [0, 0.05) is 12.6 Å². The molecule has 0 radical (unpaired) electrons. The smallest absolute Gasteiger partial charge is 0.307 e. The number of carbonyl (C=O) groups is 1. The zero-order valence-corrected chi connectivity index (χ0v) is 14.2. The highest BCUT2D eigenvalue weighted by Gasteiger charge is 2.19. The molecule has 0 aromatic heterocycles. The number of nitrogens with zero attached hydrogens (tertiary/aromatic N) is 1. The first-order chi connectivity index (χ1) is 11.6. The van der Waals surface area contributed by atoms with E-state index in [4.69, 9.17) is 5.11 Å². The lowest BCUT2D eigenvalue weighted by molar-refractivity contribution is -0.136. The van der Waals surface area contributed by atoms with Gasteiger partial charge >= 0.3 is 5.97 Å². The highest BCUT2D eigenvalue weighted by atomic mass is 16.4. The van der Waals surface area contributed by atoms with Crippen LogP contribution in [0.25, 0.3) is 11.1 Å². The molecule has 24 heavy (non-hydrogen) atoms. The second kappa shape index (κ2) is 7.63. The van der Waals surface area contributed by atoms with Crippen LogP contribution in [0.2, 0.25) is 0 Å². The topological polar surface area (TPSA) is 40.5 Å². The van der Waals surface area contributed by atoms with E-state index in [-0.39, 0.29) is 6.42 Å². The molecule has 1 heterocycles. The van der Waals surface area contributed by atoms with Crippen LogP contribution in [0, 0.1) is 0 Å². The lowest BCUT2D eigenvalue weighted by Crippen LogP contribution is -2.28. The fraction of sp³-hybridized carbons (Fsp3) is 0.381. The number of aliphatic carboxylic acids is 1. The predicted octanol–water partition coefficient (Wildman–Crippen LogP) is 4.01. The Bertz CT molecular complexity index is 676. The van der Waals surface area contributed by atoms with Crippen molar-refractivity contribution < 1.29 is 9.90 Å². The van der Waals surface area contributed by atoms with Gasteiger partial charge in [0.05, 0.1) is 6.42 Å². The van der Waals surface area contributed by atoms with E-state index in [1.54, 1.807) is 0 Å². The van der Waals surface area contributed by atoms with E-state index in [9.17, 15) is 4.79 Å². The van der Waals surface area contributed by atoms with Crippen LogP contribution in [0.4, 0.5) is 0 Å². The molecule has 1 aliphatic heterocycles. The summed E-state index contributed by atoms with van der Waals surface area (Å²) in [7, 11) is 0. The fourth-order valence-corrected chi connectivity index (χ4v) is 3.45. The average molecular weight is 323 g/mol. The van der Waals surface area contributed by atoms with Gasteiger partial charge in [-0.15, -0.1) is 0 Å². The van der Waals surface area contributed by atoms with E-state index in [0.29, 0.717) is 0 Å². The molecule has 1 unspecified atom stereocenters. The summed E-state index contributed by atoms with van der Waals surface area (Å²) in [6, 6.07) is 17.3. The van der Waals surface area contributed by atoms with Crippen LogP contribution in [0.5, 0.6) is 0 Å². The van der Waals surface area contributed by atoms with Gasteiger partial charge in [0.15, 0.2) is 0 Å². The summed E-state index contributed by atoms with van der Waals surface area (Å²) in [4.78, 5) is 13.3. The average Bonchev–Trinajstić information content (AvgIpc) is 2.99. The minimum atomic E-state index is -0.792. The Kier molecular flexibility index (Phi) is 5.31. The molecule has 2 aromatic rings. The van der Waals surface area contributed by atoms with Crippen molar-refractivity contribution in [3.8, 4) is 11.1 Å². The van der Waals surface area contributed by atoms with Crippen LogP contribution in [-0.2, 0) is 17.6 Å². The minimum Gasteiger partial charge on any atom is -0.481 e. The van der Waals surface area contributed by atoms with Crippen molar-refractivity contribution in [1.82, 2.24) is 4.90 Å². The highest BCUT2D eigenvalue weighted by molar-refractivity contribution is 5.71. The van der Waals surface area contributed by atoms with E-state index < -0.39 is 5.97 Å². The molecule has 0 bridgehead atoms. The molecule has 3 rings (SSSR count).